The van der Waals surface area contributed by atoms with Crippen molar-refractivity contribution in [1.82, 2.24) is 10.6 Å². The van der Waals surface area contributed by atoms with E-state index in [1.807, 2.05) is 0 Å². The van der Waals surface area contributed by atoms with E-state index >= 15 is 0 Å². The van der Waals surface area contributed by atoms with Gasteiger partial charge in [0.25, 0.3) is 0 Å². The zero-order chi connectivity index (χ0) is 15.0. The van der Waals surface area contributed by atoms with E-state index < -0.39 is 24.0 Å². The molecule has 0 aliphatic heterocycles. The van der Waals surface area contributed by atoms with Crippen LogP contribution in [0.25, 0.3) is 0 Å². The molecule has 1 unspecified atom stereocenters. The van der Waals surface area contributed by atoms with Crippen LogP contribution in [0.2, 0.25) is 0 Å². The maximum Gasteiger partial charge on any atom is 0.314 e. The molecule has 1 rings (SSSR count). The summed E-state index contributed by atoms with van der Waals surface area (Å²) in [5, 5.41) is 23.3. The number of rotatable bonds is 10. The third kappa shape index (κ3) is 8.71. The third-order valence-corrected chi connectivity index (χ3v) is 2.96. The molecular weight excluding hydrogens is 264 g/mol. The molecule has 0 saturated heterocycles. The monoisotopic (exact) mass is 288 g/mol. The number of carboxylic acid groups (broad SMARTS) is 1. The number of carboxylic acids is 1. The Morgan fingerprint density at radius 2 is 2.05 bits per heavy atom. The molecule has 2 amide bonds. The van der Waals surface area contributed by atoms with E-state index in [1.165, 1.54) is 19.8 Å². The molecular formula is C13H24N2O5. The average molecular weight is 288 g/mol. The number of urea groups is 1. The van der Waals surface area contributed by atoms with Gasteiger partial charge in [0.15, 0.2) is 0 Å². The number of hydrogen-bond acceptors (Lipinski definition) is 4. The predicted molar refractivity (Wildman–Crippen MR) is 72.4 cm³/mol. The van der Waals surface area contributed by atoms with Gasteiger partial charge in [0.2, 0.25) is 0 Å². The molecule has 1 fully saturated rings. The van der Waals surface area contributed by atoms with Crippen LogP contribution in [0.4, 0.5) is 4.79 Å². The van der Waals surface area contributed by atoms with Crippen LogP contribution in [0.1, 0.15) is 32.6 Å². The van der Waals surface area contributed by atoms with Gasteiger partial charge >= 0.3 is 12.0 Å². The molecule has 0 heterocycles. The summed E-state index contributed by atoms with van der Waals surface area (Å²) in [6, 6.07) is -0.419. The topological polar surface area (TPSA) is 108 Å². The maximum atomic E-state index is 11.4. The lowest BCUT2D eigenvalue weighted by atomic mass is 10.0. The van der Waals surface area contributed by atoms with Crippen LogP contribution in [0.15, 0.2) is 0 Å². The zero-order valence-corrected chi connectivity index (χ0v) is 11.9. The Bertz CT molecular complexity index is 329. The molecule has 0 aromatic rings. The molecule has 0 bridgehead atoms. The van der Waals surface area contributed by atoms with Crippen LogP contribution in [-0.4, -0.2) is 54.1 Å². The Hall–Kier alpha value is -1.34. The van der Waals surface area contributed by atoms with E-state index in [-0.39, 0.29) is 6.54 Å². The van der Waals surface area contributed by atoms with Gasteiger partial charge in [-0.05, 0) is 32.1 Å². The molecule has 1 aliphatic rings. The van der Waals surface area contributed by atoms with Gasteiger partial charge in [0, 0.05) is 26.3 Å². The van der Waals surface area contributed by atoms with Crippen LogP contribution in [-0.2, 0) is 9.53 Å². The summed E-state index contributed by atoms with van der Waals surface area (Å²) in [4.78, 5) is 21.9. The van der Waals surface area contributed by atoms with Crippen molar-refractivity contribution in [2.75, 3.05) is 26.3 Å². The fraction of sp³-hybridized carbons (Fsp3) is 0.846. The predicted octanol–water partition coefficient (Wildman–Crippen LogP) is 0.328. The fourth-order valence-electron chi connectivity index (χ4n) is 1.63. The number of amides is 2. The lowest BCUT2D eigenvalue weighted by Crippen LogP contribution is -2.46. The summed E-state index contributed by atoms with van der Waals surface area (Å²) in [5.41, 5.74) is -1.45. The fourth-order valence-corrected chi connectivity index (χ4v) is 1.63. The van der Waals surface area contributed by atoms with Gasteiger partial charge in [0.1, 0.15) is 0 Å². The van der Waals surface area contributed by atoms with Crippen molar-refractivity contribution in [2.45, 2.75) is 38.2 Å². The van der Waals surface area contributed by atoms with Gasteiger partial charge in [-0.1, -0.05) is 0 Å². The Morgan fingerprint density at radius 3 is 2.65 bits per heavy atom. The summed E-state index contributed by atoms with van der Waals surface area (Å²) in [6.45, 7) is 3.17. The van der Waals surface area contributed by atoms with Crippen molar-refractivity contribution in [1.29, 1.82) is 0 Å². The molecule has 1 atom stereocenters. The van der Waals surface area contributed by atoms with Gasteiger partial charge in [-0.2, -0.15) is 0 Å². The van der Waals surface area contributed by atoms with Crippen LogP contribution < -0.4 is 10.6 Å². The SMILES string of the molecule is CC(O)(CNC(=O)NCCCOCC1CC1)CC(=O)O. The highest BCUT2D eigenvalue weighted by molar-refractivity contribution is 5.74. The molecule has 0 radical (unpaired) electrons. The first kappa shape index (κ1) is 16.7. The number of aliphatic carboxylic acids is 1. The first-order valence-electron chi connectivity index (χ1n) is 6.93. The molecule has 0 aromatic carbocycles. The van der Waals surface area contributed by atoms with Crippen molar-refractivity contribution in [2.24, 2.45) is 5.92 Å². The van der Waals surface area contributed by atoms with Crippen LogP contribution in [0, 0.1) is 5.92 Å². The lowest BCUT2D eigenvalue weighted by Gasteiger charge is -2.21. The van der Waals surface area contributed by atoms with Gasteiger partial charge in [0.05, 0.1) is 12.0 Å². The minimum Gasteiger partial charge on any atom is -0.481 e. The van der Waals surface area contributed by atoms with Gasteiger partial charge in [-0.15, -0.1) is 0 Å². The molecule has 7 nitrogen and oxygen atoms in total. The number of carbonyl (C=O) groups excluding carboxylic acids is 1. The molecule has 1 aliphatic carbocycles. The van der Waals surface area contributed by atoms with E-state index in [0.29, 0.717) is 13.2 Å². The van der Waals surface area contributed by atoms with Crippen LogP contribution >= 0.6 is 0 Å². The van der Waals surface area contributed by atoms with Crippen molar-refractivity contribution in [3.8, 4) is 0 Å². The molecule has 1 saturated carbocycles. The second-order valence-electron chi connectivity index (χ2n) is 5.55. The van der Waals surface area contributed by atoms with E-state index in [4.69, 9.17) is 9.84 Å². The molecule has 20 heavy (non-hydrogen) atoms. The number of hydrogen-bond donors (Lipinski definition) is 4. The summed E-state index contributed by atoms with van der Waals surface area (Å²) < 4.78 is 5.42. The quantitative estimate of drug-likeness (QED) is 0.433. The van der Waals surface area contributed by atoms with Crippen LogP contribution in [0.5, 0.6) is 0 Å². The third-order valence-electron chi connectivity index (χ3n) is 2.96. The van der Waals surface area contributed by atoms with Crippen molar-refractivity contribution in [3.63, 3.8) is 0 Å². The number of aliphatic hydroxyl groups is 1. The molecule has 116 valence electrons. The van der Waals surface area contributed by atoms with Gasteiger partial charge in [-0.3, -0.25) is 4.79 Å². The highest BCUT2D eigenvalue weighted by atomic mass is 16.5. The van der Waals surface area contributed by atoms with Crippen molar-refractivity contribution < 1.29 is 24.5 Å². The number of nitrogens with one attached hydrogen (secondary N) is 2. The minimum atomic E-state index is -1.45. The van der Waals surface area contributed by atoms with Gasteiger partial charge < -0.3 is 25.6 Å². The average Bonchev–Trinajstić information content (AvgIpc) is 3.13. The van der Waals surface area contributed by atoms with Crippen LogP contribution in [0.3, 0.4) is 0 Å². The largest absolute Gasteiger partial charge is 0.481 e. The van der Waals surface area contributed by atoms with E-state index in [2.05, 4.69) is 10.6 Å². The smallest absolute Gasteiger partial charge is 0.314 e. The molecule has 7 heteroatoms. The molecule has 0 spiro atoms. The Kier molecular flexibility index (Phi) is 6.74. The van der Waals surface area contributed by atoms with E-state index in [1.54, 1.807) is 0 Å². The second-order valence-corrected chi connectivity index (χ2v) is 5.55. The number of ether oxygens (including phenoxy) is 1. The minimum absolute atomic E-state index is 0.108. The van der Waals surface area contributed by atoms with Crippen molar-refractivity contribution in [3.05, 3.63) is 0 Å². The van der Waals surface area contributed by atoms with E-state index in [0.717, 1.165) is 18.9 Å². The standard InChI is InChI=1S/C13H24N2O5/c1-13(19,7-11(16)17)9-15-12(18)14-5-2-6-20-8-10-3-4-10/h10,19H,2-9H2,1H3,(H,16,17)(H2,14,15,18). The summed E-state index contributed by atoms with van der Waals surface area (Å²) in [5.74, 6) is -0.368. The number of carbonyl (C=O) groups is 2. The highest BCUT2D eigenvalue weighted by Gasteiger charge is 2.24. The first-order valence-corrected chi connectivity index (χ1v) is 6.93. The second kappa shape index (κ2) is 8.06. The normalized spacial score (nSPS) is 17.3. The maximum absolute atomic E-state index is 11.4. The summed E-state index contributed by atoms with van der Waals surface area (Å²) in [7, 11) is 0. The summed E-state index contributed by atoms with van der Waals surface area (Å²) in [6.07, 6.45) is 2.84. The Morgan fingerprint density at radius 1 is 1.35 bits per heavy atom. The summed E-state index contributed by atoms with van der Waals surface area (Å²) >= 11 is 0. The molecule has 4 N–H and O–H groups in total. The zero-order valence-electron chi connectivity index (χ0n) is 11.9. The first-order chi connectivity index (χ1) is 9.39. The van der Waals surface area contributed by atoms with Gasteiger partial charge in [-0.25, -0.2) is 4.79 Å². The van der Waals surface area contributed by atoms with Crippen molar-refractivity contribution >= 4 is 12.0 Å². The highest BCUT2D eigenvalue weighted by Crippen LogP contribution is 2.28. The lowest BCUT2D eigenvalue weighted by molar-refractivity contribution is -0.141. The Labute approximate surface area is 118 Å². The Balaban J connectivity index is 1.97. The molecule has 0 aromatic heterocycles. The van der Waals surface area contributed by atoms with E-state index in [9.17, 15) is 14.7 Å².